The van der Waals surface area contributed by atoms with Crippen molar-refractivity contribution in [3.8, 4) is 0 Å². The van der Waals surface area contributed by atoms with Crippen LogP contribution in [0.2, 0.25) is 0 Å². The lowest BCUT2D eigenvalue weighted by Crippen LogP contribution is -1.99. The van der Waals surface area contributed by atoms with E-state index < -0.39 is 0 Å². The van der Waals surface area contributed by atoms with Crippen molar-refractivity contribution < 1.29 is 0 Å². The first-order valence-corrected chi connectivity index (χ1v) is 18.9. The molecule has 8 rings (SSSR count). The molecule has 4 aromatic carbocycles. The van der Waals surface area contributed by atoms with Gasteiger partial charge in [-0.2, -0.15) is 0 Å². The van der Waals surface area contributed by atoms with Crippen LogP contribution in [0.4, 0.5) is 39.8 Å². The molecule has 0 aliphatic heterocycles. The van der Waals surface area contributed by atoms with E-state index in [1.54, 1.807) is 7.05 Å². The summed E-state index contributed by atoms with van der Waals surface area (Å²) in [6, 6.07) is 31.8. The number of aliphatic imine (C=N–C) groups is 8. The lowest BCUT2D eigenvalue weighted by molar-refractivity contribution is 1.43. The fraction of sp³-hybridized carbons (Fsp3) is 0.0943. The highest BCUT2D eigenvalue weighted by Gasteiger charge is 2.05. The van der Waals surface area contributed by atoms with E-state index in [1.165, 1.54) is 5.56 Å². The second-order valence-electron chi connectivity index (χ2n) is 13.5. The van der Waals surface area contributed by atoms with Crippen molar-refractivity contribution in [1.82, 2.24) is 0 Å². The van der Waals surface area contributed by atoms with Gasteiger partial charge in [-0.15, -0.1) is 0 Å². The van der Waals surface area contributed by atoms with Crippen LogP contribution in [0.5, 0.6) is 0 Å². The molecule has 4 aromatic rings. The first-order chi connectivity index (χ1) is 28.5. The molecular formula is C53H50N8. The molecule has 0 radical (unpaired) electrons. The number of nitrogens with zero attached hydrogens (tertiary/aromatic N) is 8. The molecular weight excluding hydrogens is 749 g/mol. The fourth-order valence-corrected chi connectivity index (χ4v) is 5.95. The predicted octanol–water partition coefficient (Wildman–Crippen LogP) is 14.1. The van der Waals surface area contributed by atoms with Crippen LogP contribution < -0.4 is 0 Å². The molecule has 0 unspecified atom stereocenters. The summed E-state index contributed by atoms with van der Waals surface area (Å²) in [5.74, 6) is 0. The summed E-state index contributed by atoms with van der Waals surface area (Å²) < 4.78 is 0. The summed E-state index contributed by atoms with van der Waals surface area (Å²) in [6.45, 7) is 2.07. The van der Waals surface area contributed by atoms with Crippen LogP contribution >= 0.6 is 0 Å². The van der Waals surface area contributed by atoms with Gasteiger partial charge in [-0.05, 0) is 189 Å². The largest absolute Gasteiger partial charge is 0.289 e. The van der Waals surface area contributed by atoms with Crippen molar-refractivity contribution in [2.24, 2.45) is 39.9 Å². The molecule has 0 aromatic heterocycles. The summed E-state index contributed by atoms with van der Waals surface area (Å²) in [5, 5.41) is 0. The number of rotatable bonds is 7. The molecule has 0 bridgehead atoms. The van der Waals surface area contributed by atoms with Crippen LogP contribution in [-0.4, -0.2) is 52.7 Å². The number of allylic oxidation sites excluding steroid dienone is 16. The monoisotopic (exact) mass is 798 g/mol. The molecule has 0 spiro atoms. The maximum Gasteiger partial charge on any atom is 0.0638 e. The van der Waals surface area contributed by atoms with E-state index >= 15 is 0 Å². The summed E-state index contributed by atoms with van der Waals surface area (Å²) in [7, 11) is 1.78. The molecule has 0 N–H and O–H groups in total. The van der Waals surface area contributed by atoms with Crippen molar-refractivity contribution in [2.75, 3.05) is 7.05 Å². The first-order valence-electron chi connectivity index (χ1n) is 18.9. The molecule has 0 saturated heterocycles. The highest BCUT2D eigenvalue weighted by atomic mass is 14.8. The molecule has 4 aliphatic carbocycles. The SMILES string of the molecule is C.C.C.CN=C1C=CC(=Nc2ccc(N=C3C=CC(=Nc4ccc(N=C5C=CC(=Nc6ccc(N=C7C=CC(=Nc8ccc(C)cc8)C=C7)cc6)C=C5)cc4)C=C3)cc2)C=C1. The van der Waals surface area contributed by atoms with Crippen molar-refractivity contribution >= 4 is 85.5 Å². The van der Waals surface area contributed by atoms with Gasteiger partial charge in [0.25, 0.3) is 0 Å². The van der Waals surface area contributed by atoms with E-state index in [1.807, 2.05) is 182 Å². The minimum atomic E-state index is 0. The van der Waals surface area contributed by atoms with Gasteiger partial charge in [0.05, 0.1) is 85.5 Å². The second-order valence-corrected chi connectivity index (χ2v) is 13.5. The summed E-state index contributed by atoms with van der Waals surface area (Å²) in [4.78, 5) is 37.3. The topological polar surface area (TPSA) is 98.9 Å². The van der Waals surface area contributed by atoms with E-state index in [-0.39, 0.29) is 22.3 Å². The van der Waals surface area contributed by atoms with E-state index in [0.717, 1.165) is 85.5 Å². The standard InChI is InChI=1S/C50H38N8.3CH4/c1-35-3-5-37(6-4-35)52-39-11-13-41(14-12-39)54-43-19-21-45(22-20-43)56-47-27-29-49(30-28-47)58-50-33-31-48(32-34-50)57-46-25-23-44(24-26-46)55-42-17-15-40(16-18-42)53-38-9-7-36(51-2)8-10-38;;;/h3-34H,1-2H3;3*1H4. The Morgan fingerprint density at radius 1 is 0.230 bits per heavy atom. The van der Waals surface area contributed by atoms with Gasteiger partial charge in [0.2, 0.25) is 0 Å². The third kappa shape index (κ3) is 12.6. The third-order valence-corrected chi connectivity index (χ3v) is 9.05. The van der Waals surface area contributed by atoms with Crippen molar-refractivity contribution in [2.45, 2.75) is 29.2 Å². The first kappa shape index (κ1) is 44.3. The van der Waals surface area contributed by atoms with Gasteiger partial charge in [-0.3, -0.25) is 4.99 Å². The maximum atomic E-state index is 4.78. The Morgan fingerprint density at radius 2 is 0.377 bits per heavy atom. The molecule has 4 aliphatic rings. The Labute approximate surface area is 360 Å². The zero-order valence-corrected chi connectivity index (χ0v) is 32.1. The third-order valence-electron chi connectivity index (χ3n) is 9.05. The zero-order chi connectivity index (χ0) is 39.5. The van der Waals surface area contributed by atoms with Crippen LogP contribution in [0, 0.1) is 6.92 Å². The Bertz CT molecular complexity index is 2640. The van der Waals surface area contributed by atoms with E-state index in [0.29, 0.717) is 0 Å². The maximum absolute atomic E-state index is 4.78. The normalized spacial score (nSPS) is 14.5. The minimum Gasteiger partial charge on any atom is -0.289 e. The van der Waals surface area contributed by atoms with Crippen molar-refractivity contribution in [1.29, 1.82) is 0 Å². The van der Waals surface area contributed by atoms with Gasteiger partial charge < -0.3 is 0 Å². The fourth-order valence-electron chi connectivity index (χ4n) is 5.95. The van der Waals surface area contributed by atoms with Gasteiger partial charge in [-0.1, -0.05) is 40.0 Å². The predicted molar refractivity (Wildman–Crippen MR) is 267 cm³/mol. The minimum absolute atomic E-state index is 0. The molecule has 0 fully saturated rings. The van der Waals surface area contributed by atoms with Crippen LogP contribution in [-0.2, 0) is 0 Å². The van der Waals surface area contributed by atoms with Crippen molar-refractivity contribution in [3.63, 3.8) is 0 Å². The van der Waals surface area contributed by atoms with E-state index in [4.69, 9.17) is 25.0 Å². The molecule has 8 heteroatoms. The van der Waals surface area contributed by atoms with E-state index in [9.17, 15) is 0 Å². The number of benzene rings is 4. The quantitative estimate of drug-likeness (QED) is 0.166. The van der Waals surface area contributed by atoms with Crippen LogP contribution in [0.1, 0.15) is 27.8 Å². The number of aryl methyl sites for hydroxylation is 1. The average molecular weight is 799 g/mol. The second kappa shape index (κ2) is 21.2. The van der Waals surface area contributed by atoms with Gasteiger partial charge in [-0.25, -0.2) is 34.9 Å². The van der Waals surface area contributed by atoms with Crippen LogP contribution in [0.3, 0.4) is 0 Å². The number of hydrogen-bond donors (Lipinski definition) is 0. The zero-order valence-electron chi connectivity index (χ0n) is 32.1. The summed E-state index contributed by atoms with van der Waals surface area (Å²) in [5.41, 5.74) is 14.2. The molecule has 0 atom stereocenters. The summed E-state index contributed by atoms with van der Waals surface area (Å²) >= 11 is 0. The highest BCUT2D eigenvalue weighted by molar-refractivity contribution is 6.21. The van der Waals surface area contributed by atoms with Gasteiger partial charge >= 0.3 is 0 Å². The molecule has 0 amide bonds. The lowest BCUT2D eigenvalue weighted by atomic mass is 10.1. The van der Waals surface area contributed by atoms with Gasteiger partial charge in [0, 0.05) is 7.05 Å². The van der Waals surface area contributed by atoms with Gasteiger partial charge in [0.1, 0.15) is 0 Å². The van der Waals surface area contributed by atoms with Crippen LogP contribution in [0.15, 0.2) is 234 Å². The molecule has 61 heavy (non-hydrogen) atoms. The average Bonchev–Trinajstić information content (AvgIpc) is 3.26. The molecule has 8 nitrogen and oxygen atoms in total. The van der Waals surface area contributed by atoms with Crippen LogP contribution in [0.25, 0.3) is 0 Å². The van der Waals surface area contributed by atoms with Crippen molar-refractivity contribution in [3.05, 3.63) is 200 Å². The Kier molecular flexibility index (Phi) is 15.4. The Balaban J connectivity index is 0.00000235. The molecule has 302 valence electrons. The molecule has 0 saturated carbocycles. The highest BCUT2D eigenvalue weighted by Crippen LogP contribution is 2.24. The summed E-state index contributed by atoms with van der Waals surface area (Å²) in [6.07, 6.45) is 31.5. The Hall–Kier alpha value is -7.84. The van der Waals surface area contributed by atoms with Gasteiger partial charge in [0.15, 0.2) is 0 Å². The van der Waals surface area contributed by atoms with E-state index in [2.05, 4.69) is 34.0 Å². The Morgan fingerprint density at radius 3 is 0.541 bits per heavy atom. The lowest BCUT2D eigenvalue weighted by Gasteiger charge is -2.05. The number of hydrogen-bond acceptors (Lipinski definition) is 8. The smallest absolute Gasteiger partial charge is 0.0638 e. The molecule has 0 heterocycles.